The van der Waals surface area contributed by atoms with Gasteiger partial charge in [-0.2, -0.15) is 5.10 Å². The highest BCUT2D eigenvalue weighted by molar-refractivity contribution is 5.96. The van der Waals surface area contributed by atoms with Crippen LogP contribution in [0.15, 0.2) is 53.6 Å². The lowest BCUT2D eigenvalue weighted by molar-refractivity contribution is -0.116. The fourth-order valence-corrected chi connectivity index (χ4v) is 2.46. The van der Waals surface area contributed by atoms with Gasteiger partial charge in [0.25, 0.3) is 5.91 Å². The van der Waals surface area contributed by atoms with Crippen molar-refractivity contribution in [2.24, 2.45) is 5.10 Å². The Hall–Kier alpha value is -3.15. The monoisotopic (exact) mass is 367 g/mol. The van der Waals surface area contributed by atoms with E-state index in [-0.39, 0.29) is 11.8 Å². The Morgan fingerprint density at radius 1 is 1.07 bits per heavy atom. The highest BCUT2D eigenvalue weighted by Gasteiger charge is 2.06. The predicted octanol–water partition coefficient (Wildman–Crippen LogP) is 3.98. The Bertz CT molecular complexity index is 786. The quantitative estimate of drug-likeness (QED) is 0.400. The Morgan fingerprint density at radius 2 is 1.81 bits per heavy atom. The van der Waals surface area contributed by atoms with Crippen LogP contribution in [0.2, 0.25) is 0 Å². The van der Waals surface area contributed by atoms with Crippen LogP contribution in [0.3, 0.4) is 0 Å². The highest BCUT2D eigenvalue weighted by Crippen LogP contribution is 2.14. The van der Waals surface area contributed by atoms with Gasteiger partial charge in [0, 0.05) is 23.2 Å². The molecule has 0 heterocycles. The molecule has 0 aromatic heterocycles. The van der Waals surface area contributed by atoms with Crippen molar-refractivity contribution in [2.45, 2.75) is 32.6 Å². The lowest BCUT2D eigenvalue weighted by atomic mass is 10.1. The molecule has 27 heavy (non-hydrogen) atoms. The van der Waals surface area contributed by atoms with Crippen LogP contribution in [0, 0.1) is 0 Å². The number of carbonyl (C=O) groups is 2. The summed E-state index contributed by atoms with van der Waals surface area (Å²) in [6, 6.07) is 14.1. The van der Waals surface area contributed by atoms with Gasteiger partial charge in [-0.25, -0.2) is 5.43 Å². The topological polar surface area (TPSA) is 79.8 Å². The third-order valence-corrected chi connectivity index (χ3v) is 3.95. The van der Waals surface area contributed by atoms with Gasteiger partial charge in [-0.05, 0) is 42.8 Å². The smallest absolute Gasteiger partial charge is 0.271 e. The van der Waals surface area contributed by atoms with Crippen LogP contribution >= 0.6 is 0 Å². The molecule has 0 aliphatic rings. The number of anilines is 1. The van der Waals surface area contributed by atoms with Crippen LogP contribution in [0.4, 0.5) is 5.69 Å². The number of hydrogen-bond donors (Lipinski definition) is 2. The number of carbonyl (C=O) groups excluding carboxylic acids is 2. The molecular weight excluding hydrogens is 342 g/mol. The number of hydrazone groups is 1. The Kier molecular flexibility index (Phi) is 8.03. The molecule has 0 saturated heterocycles. The van der Waals surface area contributed by atoms with Crippen LogP contribution in [-0.2, 0) is 4.79 Å². The van der Waals surface area contributed by atoms with E-state index < -0.39 is 0 Å². The van der Waals surface area contributed by atoms with E-state index in [1.807, 2.05) is 24.3 Å². The number of amides is 2. The lowest BCUT2D eigenvalue weighted by Crippen LogP contribution is -2.18. The predicted molar refractivity (Wildman–Crippen MR) is 107 cm³/mol. The summed E-state index contributed by atoms with van der Waals surface area (Å²) in [7, 11) is 1.58. The fourth-order valence-electron chi connectivity index (χ4n) is 2.46. The summed E-state index contributed by atoms with van der Waals surface area (Å²) >= 11 is 0. The zero-order valence-corrected chi connectivity index (χ0v) is 15.7. The van der Waals surface area contributed by atoms with E-state index in [1.54, 1.807) is 31.4 Å². The number of unbranched alkanes of at least 4 members (excludes halogenated alkanes) is 2. The molecule has 142 valence electrons. The molecule has 2 rings (SSSR count). The summed E-state index contributed by atoms with van der Waals surface area (Å²) in [5.74, 6) is 0.332. The molecule has 0 unspecified atom stereocenters. The van der Waals surface area contributed by atoms with E-state index in [0.29, 0.717) is 23.4 Å². The zero-order chi connectivity index (χ0) is 19.5. The van der Waals surface area contributed by atoms with Crippen molar-refractivity contribution in [3.63, 3.8) is 0 Å². The van der Waals surface area contributed by atoms with E-state index in [2.05, 4.69) is 22.8 Å². The number of rotatable bonds is 9. The standard InChI is InChI=1S/C21H25N3O3/c1-3-4-5-10-20(25)23-18-13-11-16(12-14-18)21(26)24-22-15-17-8-6-7-9-19(17)27-2/h6-9,11-15H,3-5,10H2,1-2H3,(H,23,25)(H,24,26). The molecule has 6 heteroatoms. The molecule has 0 aliphatic heterocycles. The first-order chi connectivity index (χ1) is 13.1. The number of hydrogen-bond acceptors (Lipinski definition) is 4. The molecule has 0 radical (unpaired) electrons. The van der Waals surface area contributed by atoms with Gasteiger partial charge in [0.05, 0.1) is 13.3 Å². The Labute approximate surface area is 159 Å². The number of para-hydroxylation sites is 1. The average Bonchev–Trinajstić information content (AvgIpc) is 2.69. The van der Waals surface area contributed by atoms with Crippen molar-refractivity contribution in [3.8, 4) is 5.75 Å². The van der Waals surface area contributed by atoms with Crippen molar-refractivity contribution < 1.29 is 14.3 Å². The van der Waals surface area contributed by atoms with Gasteiger partial charge in [-0.1, -0.05) is 31.9 Å². The van der Waals surface area contributed by atoms with E-state index in [1.165, 1.54) is 6.21 Å². The molecule has 0 bridgehead atoms. The molecule has 0 aliphatic carbocycles. The van der Waals surface area contributed by atoms with Crippen molar-refractivity contribution in [3.05, 3.63) is 59.7 Å². The molecule has 2 aromatic rings. The van der Waals surface area contributed by atoms with Gasteiger partial charge in [-0.3, -0.25) is 9.59 Å². The van der Waals surface area contributed by atoms with Crippen LogP contribution < -0.4 is 15.5 Å². The van der Waals surface area contributed by atoms with Crippen molar-refractivity contribution in [2.75, 3.05) is 12.4 Å². The van der Waals surface area contributed by atoms with E-state index >= 15 is 0 Å². The largest absolute Gasteiger partial charge is 0.496 e. The first-order valence-electron chi connectivity index (χ1n) is 9.00. The minimum Gasteiger partial charge on any atom is -0.496 e. The first-order valence-corrected chi connectivity index (χ1v) is 9.00. The normalized spacial score (nSPS) is 10.6. The summed E-state index contributed by atoms with van der Waals surface area (Å²) in [5, 5.41) is 6.79. The minimum absolute atomic E-state index is 0.0120. The Morgan fingerprint density at radius 3 is 2.52 bits per heavy atom. The fraction of sp³-hybridized carbons (Fsp3) is 0.286. The van der Waals surface area contributed by atoms with E-state index in [0.717, 1.165) is 24.8 Å². The van der Waals surface area contributed by atoms with Gasteiger partial charge >= 0.3 is 0 Å². The third-order valence-electron chi connectivity index (χ3n) is 3.95. The highest BCUT2D eigenvalue weighted by atomic mass is 16.5. The lowest BCUT2D eigenvalue weighted by Gasteiger charge is -2.06. The molecular formula is C21H25N3O3. The van der Waals surface area contributed by atoms with Gasteiger partial charge in [0.1, 0.15) is 5.75 Å². The van der Waals surface area contributed by atoms with Crippen molar-refractivity contribution in [1.29, 1.82) is 0 Å². The van der Waals surface area contributed by atoms with Crippen LogP contribution in [0.5, 0.6) is 5.75 Å². The van der Waals surface area contributed by atoms with Crippen LogP contribution in [-0.4, -0.2) is 25.1 Å². The summed E-state index contributed by atoms with van der Waals surface area (Å²) in [6.45, 7) is 2.10. The van der Waals surface area contributed by atoms with Gasteiger partial charge in [-0.15, -0.1) is 0 Å². The van der Waals surface area contributed by atoms with E-state index in [9.17, 15) is 9.59 Å². The number of nitrogens with one attached hydrogen (secondary N) is 2. The second-order valence-electron chi connectivity index (χ2n) is 6.02. The van der Waals surface area contributed by atoms with Crippen LogP contribution in [0.25, 0.3) is 0 Å². The van der Waals surface area contributed by atoms with Gasteiger partial charge in [0.2, 0.25) is 5.91 Å². The average molecular weight is 367 g/mol. The van der Waals surface area contributed by atoms with E-state index in [4.69, 9.17) is 4.74 Å². The number of methoxy groups -OCH3 is 1. The summed E-state index contributed by atoms with van der Waals surface area (Å²) in [6.07, 6.45) is 5.04. The maximum atomic E-state index is 12.2. The molecule has 2 N–H and O–H groups in total. The minimum atomic E-state index is -0.332. The van der Waals surface area contributed by atoms with Crippen molar-refractivity contribution >= 4 is 23.7 Å². The molecule has 2 amide bonds. The molecule has 0 spiro atoms. The van der Waals surface area contributed by atoms with Crippen molar-refractivity contribution in [1.82, 2.24) is 5.43 Å². The van der Waals surface area contributed by atoms with Gasteiger partial charge in [0.15, 0.2) is 0 Å². The molecule has 6 nitrogen and oxygen atoms in total. The summed E-state index contributed by atoms with van der Waals surface area (Å²) in [4.78, 5) is 24.0. The first kappa shape index (κ1) is 20.2. The third kappa shape index (κ3) is 6.58. The summed E-state index contributed by atoms with van der Waals surface area (Å²) < 4.78 is 5.22. The number of ether oxygens (including phenoxy) is 1. The number of benzene rings is 2. The zero-order valence-electron chi connectivity index (χ0n) is 15.7. The maximum absolute atomic E-state index is 12.2. The SMILES string of the molecule is CCCCCC(=O)Nc1ccc(C(=O)NN=Cc2ccccc2OC)cc1. The second-order valence-corrected chi connectivity index (χ2v) is 6.02. The van der Waals surface area contributed by atoms with Crippen LogP contribution in [0.1, 0.15) is 48.5 Å². The van der Waals surface area contributed by atoms with Gasteiger partial charge < -0.3 is 10.1 Å². The molecule has 2 aromatic carbocycles. The second kappa shape index (κ2) is 10.8. The summed E-state index contributed by atoms with van der Waals surface area (Å²) in [5.41, 5.74) is 4.37. The molecule has 0 atom stereocenters. The molecule has 0 fully saturated rings. The molecule has 0 saturated carbocycles. The number of nitrogens with zero attached hydrogens (tertiary/aromatic N) is 1. The maximum Gasteiger partial charge on any atom is 0.271 e. The Balaban J connectivity index is 1.88.